The van der Waals surface area contributed by atoms with Crippen LogP contribution in [0.2, 0.25) is 0 Å². The molecular weight excluding hydrogens is 442 g/mol. The maximum absolute atomic E-state index is 12.7. The Morgan fingerprint density at radius 2 is 1.90 bits per heavy atom. The number of methoxy groups -OCH3 is 3. The molecule has 2 N–H and O–H groups in total. The molecule has 0 aliphatic heterocycles. The number of rotatable bonds is 8. The fourth-order valence-corrected chi connectivity index (χ4v) is 4.75. The molecule has 0 radical (unpaired) electrons. The van der Waals surface area contributed by atoms with E-state index in [1.807, 2.05) is 4.57 Å². The maximum atomic E-state index is 12.7. The molecule has 9 nitrogen and oxygen atoms in total. The molecule has 0 saturated heterocycles. The highest BCUT2D eigenvalue weighted by molar-refractivity contribution is 7.89. The molecule has 31 heavy (non-hydrogen) atoms. The number of sulfonamides is 1. The molecule has 0 aliphatic carbocycles. The number of hydrogen-bond donors (Lipinski definition) is 1. The second-order valence-electron chi connectivity index (χ2n) is 6.56. The Kier molecular flexibility index (Phi) is 7.11. The van der Waals surface area contributed by atoms with E-state index in [1.165, 1.54) is 30.6 Å². The minimum atomic E-state index is -3.84. The summed E-state index contributed by atoms with van der Waals surface area (Å²) in [5.74, 6) is 0.787. The number of amides is 1. The average molecular weight is 466 g/mol. The molecule has 0 unspecified atom stereocenters. The molecule has 1 amide bonds. The molecule has 11 heteroatoms. The third kappa shape index (κ3) is 5.31. The van der Waals surface area contributed by atoms with Crippen molar-refractivity contribution in [3.05, 3.63) is 46.8 Å². The topological polar surface area (TPSA) is 122 Å². The van der Waals surface area contributed by atoms with Gasteiger partial charge in [0.1, 0.15) is 11.5 Å². The lowest BCUT2D eigenvalue weighted by Crippen LogP contribution is -2.20. The number of hydrogen-bond acceptors (Lipinski definition) is 7. The Labute approximate surface area is 183 Å². The van der Waals surface area contributed by atoms with Gasteiger partial charge in [0.05, 0.1) is 42.4 Å². The van der Waals surface area contributed by atoms with E-state index in [0.717, 1.165) is 5.52 Å². The lowest BCUT2D eigenvalue weighted by atomic mass is 10.1. The third-order valence-electron chi connectivity index (χ3n) is 4.56. The van der Waals surface area contributed by atoms with E-state index in [4.69, 9.17) is 19.3 Å². The van der Waals surface area contributed by atoms with Gasteiger partial charge in [-0.3, -0.25) is 4.79 Å². The lowest BCUT2D eigenvalue weighted by molar-refractivity contribution is -0.117. The largest absolute Gasteiger partial charge is 0.497 e. The maximum Gasteiger partial charge on any atom is 0.252 e. The van der Waals surface area contributed by atoms with Crippen molar-refractivity contribution in [3.63, 3.8) is 0 Å². The Hall–Kier alpha value is -2.73. The first-order chi connectivity index (χ1) is 14.8. The molecule has 2 aromatic carbocycles. The molecule has 0 spiro atoms. The van der Waals surface area contributed by atoms with Crippen LogP contribution in [0.25, 0.3) is 10.2 Å². The summed E-state index contributed by atoms with van der Waals surface area (Å²) in [7, 11) is 0.808. The van der Waals surface area contributed by atoms with Gasteiger partial charge in [0.15, 0.2) is 4.80 Å². The fourth-order valence-electron chi connectivity index (χ4n) is 3.02. The number of nitrogens with two attached hydrogens (primary N) is 1. The SMILES string of the molecule is COCCn1c(=NC(=O)Cc2ccc(OC)cc2OC)sc2cc(S(N)(=O)=O)ccc21. The van der Waals surface area contributed by atoms with E-state index < -0.39 is 10.0 Å². The fraction of sp³-hybridized carbons (Fsp3) is 0.300. The zero-order chi connectivity index (χ0) is 22.6. The summed E-state index contributed by atoms with van der Waals surface area (Å²) in [5.41, 5.74) is 1.42. The van der Waals surface area contributed by atoms with Crippen molar-refractivity contribution in [1.82, 2.24) is 4.57 Å². The van der Waals surface area contributed by atoms with E-state index in [9.17, 15) is 13.2 Å². The normalized spacial score (nSPS) is 12.3. The highest BCUT2D eigenvalue weighted by Gasteiger charge is 2.14. The summed E-state index contributed by atoms with van der Waals surface area (Å²) in [6.07, 6.45) is 0.0358. The molecular formula is C20H23N3O6S2. The number of nitrogens with zero attached hydrogens (tertiary/aromatic N) is 2. The second-order valence-corrected chi connectivity index (χ2v) is 9.13. The summed E-state index contributed by atoms with van der Waals surface area (Å²) in [4.78, 5) is 17.4. The van der Waals surface area contributed by atoms with Gasteiger partial charge in [-0.25, -0.2) is 13.6 Å². The number of aromatic nitrogens is 1. The van der Waals surface area contributed by atoms with Gasteiger partial charge in [0.2, 0.25) is 10.0 Å². The smallest absolute Gasteiger partial charge is 0.252 e. The predicted molar refractivity (Wildman–Crippen MR) is 117 cm³/mol. The van der Waals surface area contributed by atoms with Gasteiger partial charge in [-0.1, -0.05) is 17.4 Å². The van der Waals surface area contributed by atoms with Gasteiger partial charge in [-0.15, -0.1) is 0 Å². The van der Waals surface area contributed by atoms with Crippen LogP contribution in [-0.2, 0) is 32.5 Å². The van der Waals surface area contributed by atoms with Crippen LogP contribution < -0.4 is 19.4 Å². The Morgan fingerprint density at radius 1 is 1.13 bits per heavy atom. The molecule has 0 saturated carbocycles. The van der Waals surface area contributed by atoms with Crippen molar-refractivity contribution >= 4 is 37.5 Å². The standard InChI is InChI=1S/C20H23N3O6S2/c1-27-9-8-23-16-7-6-15(31(21,25)26)12-18(16)30-20(23)22-19(24)10-13-4-5-14(28-2)11-17(13)29-3/h4-7,11-12H,8-10H2,1-3H3,(H2,21,25,26). The van der Waals surface area contributed by atoms with Crippen LogP contribution in [0.4, 0.5) is 0 Å². The van der Waals surface area contributed by atoms with Crippen LogP contribution in [0.3, 0.4) is 0 Å². The number of carbonyl (C=O) groups excluding carboxylic acids is 1. The second kappa shape index (κ2) is 9.60. The molecule has 3 rings (SSSR count). The van der Waals surface area contributed by atoms with E-state index in [2.05, 4.69) is 4.99 Å². The molecule has 0 fully saturated rings. The number of benzene rings is 2. The number of carbonyl (C=O) groups is 1. The Bertz CT molecular complexity index is 1280. The summed E-state index contributed by atoms with van der Waals surface area (Å²) in [5, 5.41) is 5.24. The van der Waals surface area contributed by atoms with E-state index in [0.29, 0.717) is 39.7 Å². The molecule has 1 heterocycles. The van der Waals surface area contributed by atoms with Crippen molar-refractivity contribution in [2.45, 2.75) is 17.9 Å². The minimum absolute atomic E-state index is 0.000914. The summed E-state index contributed by atoms with van der Waals surface area (Å²) in [6, 6.07) is 9.77. The molecule has 0 aliphatic rings. The summed E-state index contributed by atoms with van der Waals surface area (Å²) in [6.45, 7) is 0.847. The van der Waals surface area contributed by atoms with Crippen LogP contribution in [0.5, 0.6) is 11.5 Å². The minimum Gasteiger partial charge on any atom is -0.497 e. The van der Waals surface area contributed by atoms with Crippen LogP contribution in [0.15, 0.2) is 46.3 Å². The van der Waals surface area contributed by atoms with Crippen molar-refractivity contribution < 1.29 is 27.4 Å². The highest BCUT2D eigenvalue weighted by atomic mass is 32.2. The third-order valence-corrected chi connectivity index (χ3v) is 6.51. The van der Waals surface area contributed by atoms with Crippen LogP contribution in [0, 0.1) is 0 Å². The Balaban J connectivity index is 2.02. The number of thiazole rings is 1. The van der Waals surface area contributed by atoms with Crippen LogP contribution >= 0.6 is 11.3 Å². The number of primary sulfonamides is 1. The zero-order valence-electron chi connectivity index (χ0n) is 17.3. The Morgan fingerprint density at radius 3 is 2.55 bits per heavy atom. The van der Waals surface area contributed by atoms with Crippen LogP contribution in [0.1, 0.15) is 5.56 Å². The summed E-state index contributed by atoms with van der Waals surface area (Å²) >= 11 is 1.21. The number of ether oxygens (including phenoxy) is 3. The van der Waals surface area contributed by atoms with Gasteiger partial charge in [-0.2, -0.15) is 4.99 Å². The molecule has 3 aromatic rings. The van der Waals surface area contributed by atoms with Crippen molar-refractivity contribution in [2.24, 2.45) is 10.1 Å². The van der Waals surface area contributed by atoms with Crippen LogP contribution in [-0.4, -0.2) is 46.8 Å². The first-order valence-electron chi connectivity index (χ1n) is 9.20. The lowest BCUT2D eigenvalue weighted by Gasteiger charge is -2.09. The zero-order valence-corrected chi connectivity index (χ0v) is 19.0. The van der Waals surface area contributed by atoms with Gasteiger partial charge in [-0.05, 0) is 24.3 Å². The molecule has 0 atom stereocenters. The molecule has 0 bridgehead atoms. The quantitative estimate of drug-likeness (QED) is 0.540. The number of fused-ring (bicyclic) bond motifs is 1. The van der Waals surface area contributed by atoms with E-state index >= 15 is 0 Å². The summed E-state index contributed by atoms with van der Waals surface area (Å²) < 4.78 is 41.5. The average Bonchev–Trinajstić information content (AvgIpc) is 3.07. The van der Waals surface area contributed by atoms with Gasteiger partial charge < -0.3 is 18.8 Å². The van der Waals surface area contributed by atoms with Crippen molar-refractivity contribution in [2.75, 3.05) is 27.9 Å². The van der Waals surface area contributed by atoms with Crippen molar-refractivity contribution in [3.8, 4) is 11.5 Å². The predicted octanol–water partition coefficient (Wildman–Crippen LogP) is 1.68. The highest BCUT2D eigenvalue weighted by Crippen LogP contribution is 2.25. The first kappa shape index (κ1) is 22.9. The van der Waals surface area contributed by atoms with Gasteiger partial charge in [0, 0.05) is 25.3 Å². The van der Waals surface area contributed by atoms with Gasteiger partial charge in [0.25, 0.3) is 5.91 Å². The molecule has 1 aromatic heterocycles. The van der Waals surface area contributed by atoms with E-state index in [1.54, 1.807) is 38.5 Å². The van der Waals surface area contributed by atoms with E-state index in [-0.39, 0.29) is 17.2 Å². The van der Waals surface area contributed by atoms with Crippen molar-refractivity contribution in [1.29, 1.82) is 0 Å². The first-order valence-corrected chi connectivity index (χ1v) is 11.6. The van der Waals surface area contributed by atoms with Gasteiger partial charge >= 0.3 is 0 Å². The monoisotopic (exact) mass is 465 g/mol. The molecule has 166 valence electrons.